The van der Waals surface area contributed by atoms with E-state index in [1.807, 2.05) is 0 Å². The third-order valence-electron chi connectivity index (χ3n) is 1.89. The van der Waals surface area contributed by atoms with Gasteiger partial charge in [0.2, 0.25) is 0 Å². The number of carbonyl (C=O) groups excluding carboxylic acids is 1. The smallest absolute Gasteiger partial charge is 0.343 e. The van der Waals surface area contributed by atoms with Crippen LogP contribution in [0.25, 0.3) is 0 Å². The Morgan fingerprint density at radius 3 is 2.56 bits per heavy atom. The number of rotatable bonds is 6. The van der Waals surface area contributed by atoms with E-state index >= 15 is 0 Å². The quantitative estimate of drug-likeness (QED) is 0.453. The van der Waals surface area contributed by atoms with E-state index < -0.39 is 11.0 Å². The predicted molar refractivity (Wildman–Crippen MR) is 63.1 cm³/mol. The first kappa shape index (κ1) is 13.9. The van der Waals surface area contributed by atoms with Crippen molar-refractivity contribution in [2.24, 2.45) is 0 Å². The number of hydrogen-bond donors (Lipinski definition) is 2. The van der Waals surface area contributed by atoms with Crippen molar-refractivity contribution in [2.45, 2.75) is 0 Å². The van der Waals surface area contributed by atoms with Crippen molar-refractivity contribution in [2.75, 3.05) is 25.6 Å². The zero-order chi connectivity index (χ0) is 13.4. The Balaban J connectivity index is 2.37. The Bertz CT molecular complexity index is 406. The summed E-state index contributed by atoms with van der Waals surface area (Å²) >= 11 is 0. The van der Waals surface area contributed by atoms with Crippen LogP contribution in [0, 0.1) is 10.1 Å². The number of nitrogens with zero attached hydrogens (tertiary/aromatic N) is 1. The van der Waals surface area contributed by atoms with E-state index in [2.05, 4.69) is 10.8 Å². The first-order valence-corrected chi connectivity index (χ1v) is 5.05. The molecular formula is C10H13N3O5. The van der Waals surface area contributed by atoms with Crippen LogP contribution in [0.2, 0.25) is 0 Å². The van der Waals surface area contributed by atoms with Gasteiger partial charge in [0, 0.05) is 24.9 Å². The zero-order valence-electron chi connectivity index (χ0n) is 9.71. The van der Waals surface area contributed by atoms with Crippen LogP contribution in [0.5, 0.6) is 0 Å². The lowest BCUT2D eigenvalue weighted by Gasteiger charge is -2.07. The van der Waals surface area contributed by atoms with Gasteiger partial charge in [-0.2, -0.15) is 0 Å². The number of nitro groups is 1. The van der Waals surface area contributed by atoms with Gasteiger partial charge in [-0.1, -0.05) is 0 Å². The van der Waals surface area contributed by atoms with Crippen LogP contribution in [-0.2, 0) is 9.57 Å². The van der Waals surface area contributed by atoms with Gasteiger partial charge in [0.15, 0.2) is 0 Å². The van der Waals surface area contributed by atoms with Gasteiger partial charge in [-0.05, 0) is 12.1 Å². The molecule has 0 spiro atoms. The number of hydroxylamine groups is 1. The van der Waals surface area contributed by atoms with Crippen molar-refractivity contribution >= 4 is 17.4 Å². The second kappa shape index (κ2) is 7.20. The highest BCUT2D eigenvalue weighted by Gasteiger charge is 2.05. The van der Waals surface area contributed by atoms with Crippen molar-refractivity contribution in [1.82, 2.24) is 5.48 Å². The third kappa shape index (κ3) is 4.76. The number of anilines is 1. The molecule has 2 N–H and O–H groups in total. The van der Waals surface area contributed by atoms with Crippen LogP contribution in [0.15, 0.2) is 24.3 Å². The third-order valence-corrected chi connectivity index (χ3v) is 1.89. The van der Waals surface area contributed by atoms with Crippen molar-refractivity contribution in [3.05, 3.63) is 34.4 Å². The van der Waals surface area contributed by atoms with E-state index in [0.29, 0.717) is 12.3 Å². The van der Waals surface area contributed by atoms with Crippen molar-refractivity contribution < 1.29 is 19.3 Å². The number of benzene rings is 1. The number of nitrogens with one attached hydrogen (secondary N) is 2. The molecule has 8 heteroatoms. The maximum atomic E-state index is 11.3. The molecule has 0 aliphatic rings. The average Bonchev–Trinajstić information content (AvgIpc) is 2.35. The molecule has 0 atom stereocenters. The number of methoxy groups -OCH3 is 1. The minimum Gasteiger partial charge on any atom is -0.382 e. The van der Waals surface area contributed by atoms with E-state index in [1.165, 1.54) is 31.4 Å². The lowest BCUT2D eigenvalue weighted by Crippen LogP contribution is -2.30. The van der Waals surface area contributed by atoms with Crippen molar-refractivity contribution in [3.8, 4) is 0 Å². The van der Waals surface area contributed by atoms with Crippen LogP contribution < -0.4 is 10.8 Å². The molecule has 0 saturated carbocycles. The van der Waals surface area contributed by atoms with E-state index in [0.717, 1.165) is 0 Å². The normalized spacial score (nSPS) is 9.83. The lowest BCUT2D eigenvalue weighted by atomic mass is 10.3. The number of urea groups is 1. The molecular weight excluding hydrogens is 242 g/mol. The Morgan fingerprint density at radius 2 is 2.00 bits per heavy atom. The topological polar surface area (TPSA) is 103 Å². The maximum absolute atomic E-state index is 11.3. The Labute approximate surface area is 103 Å². The van der Waals surface area contributed by atoms with Crippen LogP contribution >= 0.6 is 0 Å². The second-order valence-electron chi connectivity index (χ2n) is 3.20. The van der Waals surface area contributed by atoms with Gasteiger partial charge in [0.05, 0.1) is 18.1 Å². The molecule has 1 rings (SSSR count). The molecule has 1 aromatic carbocycles. The van der Waals surface area contributed by atoms with E-state index in [4.69, 9.17) is 9.57 Å². The molecule has 0 aromatic heterocycles. The second-order valence-corrected chi connectivity index (χ2v) is 3.20. The molecule has 2 amide bonds. The summed E-state index contributed by atoms with van der Waals surface area (Å²) in [5.74, 6) is 0. The van der Waals surface area contributed by atoms with Crippen molar-refractivity contribution in [3.63, 3.8) is 0 Å². The fraction of sp³-hybridized carbons (Fsp3) is 0.300. The summed E-state index contributed by atoms with van der Waals surface area (Å²) < 4.78 is 4.72. The average molecular weight is 255 g/mol. The first-order valence-electron chi connectivity index (χ1n) is 5.05. The minimum absolute atomic E-state index is 0.0442. The predicted octanol–water partition coefficient (Wildman–Crippen LogP) is 1.29. The number of nitro benzene ring substituents is 1. The summed E-state index contributed by atoms with van der Waals surface area (Å²) in [5, 5.41) is 12.9. The fourth-order valence-corrected chi connectivity index (χ4v) is 1.06. The zero-order valence-corrected chi connectivity index (χ0v) is 9.71. The molecule has 0 radical (unpaired) electrons. The largest absolute Gasteiger partial charge is 0.382 e. The van der Waals surface area contributed by atoms with Gasteiger partial charge in [0.1, 0.15) is 0 Å². The van der Waals surface area contributed by atoms with Crippen LogP contribution in [0.1, 0.15) is 0 Å². The molecule has 0 aliphatic carbocycles. The van der Waals surface area contributed by atoms with Crippen LogP contribution in [-0.4, -0.2) is 31.3 Å². The van der Waals surface area contributed by atoms with Gasteiger partial charge in [-0.25, -0.2) is 10.3 Å². The molecule has 18 heavy (non-hydrogen) atoms. The molecule has 98 valence electrons. The van der Waals surface area contributed by atoms with Gasteiger partial charge in [0.25, 0.3) is 5.69 Å². The van der Waals surface area contributed by atoms with E-state index in [9.17, 15) is 14.9 Å². The molecule has 0 saturated heterocycles. The Kier molecular flexibility index (Phi) is 5.55. The molecule has 0 bridgehead atoms. The monoisotopic (exact) mass is 255 g/mol. The van der Waals surface area contributed by atoms with Gasteiger partial charge in [-0.15, -0.1) is 0 Å². The summed E-state index contributed by atoms with van der Waals surface area (Å²) in [7, 11) is 1.51. The summed E-state index contributed by atoms with van der Waals surface area (Å²) in [6.07, 6.45) is 0. The van der Waals surface area contributed by atoms with Gasteiger partial charge < -0.3 is 10.1 Å². The van der Waals surface area contributed by atoms with Crippen molar-refractivity contribution in [1.29, 1.82) is 0 Å². The highest BCUT2D eigenvalue weighted by atomic mass is 16.7. The number of hydrogen-bond acceptors (Lipinski definition) is 5. The summed E-state index contributed by atoms with van der Waals surface area (Å²) in [5.41, 5.74) is 2.52. The first-order chi connectivity index (χ1) is 8.63. The molecule has 0 unspecified atom stereocenters. The summed E-state index contributed by atoms with van der Waals surface area (Å²) in [6.45, 7) is 0.585. The Morgan fingerprint density at radius 1 is 1.33 bits per heavy atom. The van der Waals surface area contributed by atoms with Crippen LogP contribution in [0.3, 0.4) is 0 Å². The maximum Gasteiger partial charge on any atom is 0.343 e. The van der Waals surface area contributed by atoms with E-state index in [-0.39, 0.29) is 12.3 Å². The molecule has 0 aliphatic heterocycles. The fourth-order valence-electron chi connectivity index (χ4n) is 1.06. The minimum atomic E-state index is -0.569. The summed E-state index contributed by atoms with van der Waals surface area (Å²) in [6, 6.07) is 4.86. The standard InChI is InChI=1S/C10H13N3O5/c1-17-6-7-18-12-10(14)11-8-2-4-9(5-3-8)13(15)16/h2-5H,6-7H2,1H3,(H2,11,12,14). The van der Waals surface area contributed by atoms with Gasteiger partial charge >= 0.3 is 6.03 Å². The molecule has 0 fully saturated rings. The molecule has 1 aromatic rings. The lowest BCUT2D eigenvalue weighted by molar-refractivity contribution is -0.384. The number of ether oxygens (including phenoxy) is 1. The highest BCUT2D eigenvalue weighted by Crippen LogP contribution is 2.14. The highest BCUT2D eigenvalue weighted by molar-refractivity contribution is 5.88. The molecule has 0 heterocycles. The molecule has 8 nitrogen and oxygen atoms in total. The Hall–Kier alpha value is -2.19. The van der Waals surface area contributed by atoms with Crippen LogP contribution in [0.4, 0.5) is 16.2 Å². The number of carbonyl (C=O) groups is 1. The summed E-state index contributed by atoms with van der Waals surface area (Å²) in [4.78, 5) is 25.9. The van der Waals surface area contributed by atoms with E-state index in [1.54, 1.807) is 0 Å². The number of amides is 2. The SMILES string of the molecule is COCCONC(=O)Nc1ccc([N+](=O)[O-])cc1. The van der Waals surface area contributed by atoms with Gasteiger partial charge in [-0.3, -0.25) is 15.0 Å². The number of non-ortho nitro benzene ring substituents is 1.